The standard InChI is InChI=1S/C15H16FNO3/c16-12-2-1-11(9-18)13(7-12)14-8-17-15(20-14)10-3-5-19-6-4-10/h1-2,7-8,10,18H,3-6,9H2. The number of nitrogens with zero attached hydrogens (tertiary/aromatic N) is 1. The van der Waals surface area contributed by atoms with Crippen molar-refractivity contribution in [3.8, 4) is 11.3 Å². The van der Waals surface area contributed by atoms with E-state index >= 15 is 0 Å². The van der Waals surface area contributed by atoms with Crippen molar-refractivity contribution in [1.82, 2.24) is 4.98 Å². The van der Waals surface area contributed by atoms with Crippen LogP contribution in [0.15, 0.2) is 28.8 Å². The first-order chi connectivity index (χ1) is 9.78. The van der Waals surface area contributed by atoms with Gasteiger partial charge in [0.2, 0.25) is 0 Å². The summed E-state index contributed by atoms with van der Waals surface area (Å²) in [6.07, 6.45) is 3.37. The molecule has 0 atom stereocenters. The predicted molar refractivity (Wildman–Crippen MR) is 70.6 cm³/mol. The minimum Gasteiger partial charge on any atom is -0.440 e. The molecule has 5 heteroatoms. The molecule has 1 N–H and O–H groups in total. The molecule has 106 valence electrons. The van der Waals surface area contributed by atoms with Gasteiger partial charge in [-0.15, -0.1) is 0 Å². The van der Waals surface area contributed by atoms with E-state index in [0.29, 0.717) is 36.0 Å². The zero-order valence-electron chi connectivity index (χ0n) is 11.0. The second-order valence-electron chi connectivity index (χ2n) is 4.91. The van der Waals surface area contributed by atoms with Crippen LogP contribution in [0.5, 0.6) is 0 Å². The van der Waals surface area contributed by atoms with E-state index < -0.39 is 0 Å². The second-order valence-corrected chi connectivity index (χ2v) is 4.91. The number of aromatic nitrogens is 1. The number of hydrogen-bond donors (Lipinski definition) is 1. The lowest BCUT2D eigenvalue weighted by Crippen LogP contribution is -2.14. The molecule has 0 spiro atoms. The summed E-state index contributed by atoms with van der Waals surface area (Å²) in [7, 11) is 0. The molecule has 20 heavy (non-hydrogen) atoms. The monoisotopic (exact) mass is 277 g/mol. The van der Waals surface area contributed by atoms with Gasteiger partial charge in [-0.1, -0.05) is 6.07 Å². The molecule has 0 radical (unpaired) electrons. The molecule has 4 nitrogen and oxygen atoms in total. The molecule has 0 saturated carbocycles. The van der Waals surface area contributed by atoms with Crippen molar-refractivity contribution in [2.24, 2.45) is 0 Å². The SMILES string of the molecule is OCc1ccc(F)cc1-c1cnc(C2CCOCC2)o1. The number of halogens is 1. The second kappa shape index (κ2) is 5.73. The number of rotatable bonds is 3. The van der Waals surface area contributed by atoms with Gasteiger partial charge < -0.3 is 14.3 Å². The molecular formula is C15H16FNO3. The highest BCUT2D eigenvalue weighted by Gasteiger charge is 2.21. The van der Waals surface area contributed by atoms with E-state index in [-0.39, 0.29) is 18.3 Å². The zero-order valence-corrected chi connectivity index (χ0v) is 11.0. The molecule has 2 aromatic rings. The van der Waals surface area contributed by atoms with Gasteiger partial charge in [-0.25, -0.2) is 9.37 Å². The van der Waals surface area contributed by atoms with Crippen LogP contribution < -0.4 is 0 Å². The minimum absolute atomic E-state index is 0.164. The lowest BCUT2D eigenvalue weighted by molar-refractivity contribution is 0.0796. The van der Waals surface area contributed by atoms with Gasteiger partial charge in [0, 0.05) is 24.7 Å². The Hall–Kier alpha value is -1.72. The quantitative estimate of drug-likeness (QED) is 0.937. The highest BCUT2D eigenvalue weighted by atomic mass is 19.1. The van der Waals surface area contributed by atoms with Crippen molar-refractivity contribution in [3.05, 3.63) is 41.7 Å². The number of aliphatic hydroxyl groups is 1. The number of aliphatic hydroxyl groups excluding tert-OH is 1. The molecule has 1 saturated heterocycles. The van der Waals surface area contributed by atoms with Gasteiger partial charge >= 0.3 is 0 Å². The molecule has 3 rings (SSSR count). The normalized spacial score (nSPS) is 16.5. The maximum absolute atomic E-state index is 13.4. The first-order valence-corrected chi connectivity index (χ1v) is 6.71. The van der Waals surface area contributed by atoms with E-state index in [1.807, 2.05) is 0 Å². The molecule has 1 aromatic carbocycles. The molecular weight excluding hydrogens is 261 g/mol. The first kappa shape index (κ1) is 13.3. The van der Waals surface area contributed by atoms with Crippen molar-refractivity contribution >= 4 is 0 Å². The Balaban J connectivity index is 1.91. The molecule has 2 heterocycles. The van der Waals surface area contributed by atoms with Crippen LogP contribution in [0.4, 0.5) is 4.39 Å². The summed E-state index contributed by atoms with van der Waals surface area (Å²) in [5, 5.41) is 9.33. The average Bonchev–Trinajstić information content (AvgIpc) is 2.98. The van der Waals surface area contributed by atoms with Crippen LogP contribution in [0.3, 0.4) is 0 Å². The summed E-state index contributed by atoms with van der Waals surface area (Å²) >= 11 is 0. The largest absolute Gasteiger partial charge is 0.440 e. The Kier molecular flexibility index (Phi) is 3.80. The molecule has 0 bridgehead atoms. The van der Waals surface area contributed by atoms with Gasteiger partial charge in [0.25, 0.3) is 0 Å². The lowest BCUT2D eigenvalue weighted by Gasteiger charge is -2.18. The van der Waals surface area contributed by atoms with Crippen molar-refractivity contribution in [3.63, 3.8) is 0 Å². The van der Waals surface area contributed by atoms with Gasteiger partial charge in [-0.3, -0.25) is 0 Å². The number of hydrogen-bond acceptors (Lipinski definition) is 4. The highest BCUT2D eigenvalue weighted by Crippen LogP contribution is 2.31. The van der Waals surface area contributed by atoms with Crippen LogP contribution in [0.25, 0.3) is 11.3 Å². The predicted octanol–water partition coefficient (Wildman–Crippen LogP) is 2.87. The van der Waals surface area contributed by atoms with Crippen LogP contribution in [-0.2, 0) is 11.3 Å². The van der Waals surface area contributed by atoms with E-state index in [0.717, 1.165) is 12.8 Å². The van der Waals surface area contributed by atoms with Gasteiger partial charge in [0.05, 0.1) is 12.8 Å². The third-order valence-corrected chi connectivity index (χ3v) is 3.60. The molecule has 1 aliphatic heterocycles. The zero-order chi connectivity index (χ0) is 13.9. The summed E-state index contributed by atoms with van der Waals surface area (Å²) in [5.74, 6) is 1.05. The summed E-state index contributed by atoms with van der Waals surface area (Å²) in [5.41, 5.74) is 1.18. The Morgan fingerprint density at radius 3 is 2.85 bits per heavy atom. The van der Waals surface area contributed by atoms with E-state index in [4.69, 9.17) is 9.15 Å². The third-order valence-electron chi connectivity index (χ3n) is 3.60. The van der Waals surface area contributed by atoms with E-state index in [9.17, 15) is 9.50 Å². The summed E-state index contributed by atoms with van der Waals surface area (Å²) in [6, 6.07) is 4.24. The molecule has 1 aromatic heterocycles. The fourth-order valence-corrected chi connectivity index (χ4v) is 2.46. The van der Waals surface area contributed by atoms with E-state index in [1.54, 1.807) is 12.3 Å². The van der Waals surface area contributed by atoms with Crippen molar-refractivity contribution < 1.29 is 18.7 Å². The van der Waals surface area contributed by atoms with Crippen LogP contribution in [0.2, 0.25) is 0 Å². The molecule has 0 amide bonds. The fraction of sp³-hybridized carbons (Fsp3) is 0.400. The van der Waals surface area contributed by atoms with Crippen molar-refractivity contribution in [2.75, 3.05) is 13.2 Å². The summed E-state index contributed by atoms with van der Waals surface area (Å²) in [6.45, 7) is 1.26. The Morgan fingerprint density at radius 2 is 2.10 bits per heavy atom. The molecule has 1 fully saturated rings. The Bertz CT molecular complexity index is 591. The van der Waals surface area contributed by atoms with Crippen LogP contribution >= 0.6 is 0 Å². The Morgan fingerprint density at radius 1 is 1.30 bits per heavy atom. The number of oxazole rings is 1. The Labute approximate surface area is 116 Å². The van der Waals surface area contributed by atoms with Crippen LogP contribution in [0.1, 0.15) is 30.2 Å². The first-order valence-electron chi connectivity index (χ1n) is 6.71. The van der Waals surface area contributed by atoms with Gasteiger partial charge in [-0.2, -0.15) is 0 Å². The highest BCUT2D eigenvalue weighted by molar-refractivity contribution is 5.61. The summed E-state index contributed by atoms with van der Waals surface area (Å²) < 4.78 is 24.4. The van der Waals surface area contributed by atoms with Crippen LogP contribution in [-0.4, -0.2) is 23.3 Å². The molecule has 1 aliphatic rings. The minimum atomic E-state index is -0.360. The summed E-state index contributed by atoms with van der Waals surface area (Å²) in [4.78, 5) is 4.30. The van der Waals surface area contributed by atoms with E-state index in [2.05, 4.69) is 4.98 Å². The van der Waals surface area contributed by atoms with Crippen molar-refractivity contribution in [2.45, 2.75) is 25.4 Å². The topological polar surface area (TPSA) is 55.5 Å². The van der Waals surface area contributed by atoms with Gasteiger partial charge in [-0.05, 0) is 30.5 Å². The van der Waals surface area contributed by atoms with Gasteiger partial charge in [0.15, 0.2) is 11.7 Å². The fourth-order valence-electron chi connectivity index (χ4n) is 2.46. The number of benzene rings is 1. The third kappa shape index (κ3) is 2.59. The number of ether oxygens (including phenoxy) is 1. The average molecular weight is 277 g/mol. The maximum atomic E-state index is 13.4. The van der Waals surface area contributed by atoms with Crippen LogP contribution in [0, 0.1) is 5.82 Å². The lowest BCUT2D eigenvalue weighted by atomic mass is 10.0. The molecule has 0 unspecified atom stereocenters. The van der Waals surface area contributed by atoms with E-state index in [1.165, 1.54) is 12.1 Å². The van der Waals surface area contributed by atoms with Crippen molar-refractivity contribution in [1.29, 1.82) is 0 Å². The smallest absolute Gasteiger partial charge is 0.198 e. The molecule has 0 aliphatic carbocycles. The maximum Gasteiger partial charge on any atom is 0.198 e. The van der Waals surface area contributed by atoms with Gasteiger partial charge in [0.1, 0.15) is 5.82 Å².